The first-order valence-corrected chi connectivity index (χ1v) is 8.80. The first-order valence-electron chi connectivity index (χ1n) is 7.14. The zero-order valence-corrected chi connectivity index (χ0v) is 13.4. The molecule has 6 heteroatoms. The van der Waals surface area contributed by atoms with Gasteiger partial charge in [-0.25, -0.2) is 17.5 Å². The summed E-state index contributed by atoms with van der Waals surface area (Å²) in [5, 5.41) is 2.84. The lowest BCUT2D eigenvalue weighted by Crippen LogP contribution is -2.29. The highest BCUT2D eigenvalue weighted by Crippen LogP contribution is 2.18. The number of allylic oxidation sites excluding steroid dienone is 1. The van der Waals surface area contributed by atoms with Crippen LogP contribution in [-0.4, -0.2) is 14.3 Å². The van der Waals surface area contributed by atoms with E-state index >= 15 is 0 Å². The van der Waals surface area contributed by atoms with Gasteiger partial charge in [-0.1, -0.05) is 36.4 Å². The topological polar surface area (TPSA) is 58.2 Å². The smallest absolute Gasteiger partial charge is 0.229 e. The van der Waals surface area contributed by atoms with Gasteiger partial charge in [-0.05, 0) is 35.7 Å². The Morgan fingerprint density at radius 3 is 2.57 bits per heavy atom. The molecular weight excluding hydrogens is 315 g/mol. The van der Waals surface area contributed by atoms with Crippen molar-refractivity contribution in [3.63, 3.8) is 0 Å². The van der Waals surface area contributed by atoms with Crippen LogP contribution < -0.4 is 10.0 Å². The number of halogens is 1. The standard InChI is InChI=1S/C17H19FN2O2S/c1-2-6-15-11-16(18)9-10-17(15)19-13-23(21,22)20-12-14-7-4-3-5-8-14/h2-5,7-11,19-20H,1,6,12-13H2. The van der Waals surface area contributed by atoms with E-state index in [1.165, 1.54) is 18.2 Å². The molecule has 0 saturated heterocycles. The van der Waals surface area contributed by atoms with Crippen LogP contribution in [0.15, 0.2) is 61.2 Å². The lowest BCUT2D eigenvalue weighted by atomic mass is 10.1. The van der Waals surface area contributed by atoms with Crippen LogP contribution in [0.25, 0.3) is 0 Å². The average molecular weight is 334 g/mol. The van der Waals surface area contributed by atoms with Gasteiger partial charge in [0.2, 0.25) is 10.0 Å². The number of anilines is 1. The molecule has 0 unspecified atom stereocenters. The van der Waals surface area contributed by atoms with Gasteiger partial charge in [-0.2, -0.15) is 0 Å². The second kappa shape index (κ2) is 7.89. The van der Waals surface area contributed by atoms with E-state index in [4.69, 9.17) is 0 Å². The normalized spacial score (nSPS) is 11.2. The van der Waals surface area contributed by atoms with Gasteiger partial charge in [0.05, 0.1) is 0 Å². The number of hydrogen-bond donors (Lipinski definition) is 2. The van der Waals surface area contributed by atoms with Crippen molar-refractivity contribution in [2.45, 2.75) is 13.0 Å². The van der Waals surface area contributed by atoms with E-state index in [1.54, 1.807) is 6.08 Å². The van der Waals surface area contributed by atoms with Gasteiger partial charge in [0.25, 0.3) is 0 Å². The Kier molecular flexibility index (Phi) is 5.90. The SMILES string of the molecule is C=CCc1cc(F)ccc1NCS(=O)(=O)NCc1ccccc1. The third-order valence-corrected chi connectivity index (χ3v) is 4.33. The second-order valence-electron chi connectivity index (χ2n) is 5.04. The number of nitrogens with one attached hydrogen (secondary N) is 2. The van der Waals surface area contributed by atoms with Crippen molar-refractivity contribution in [1.82, 2.24) is 4.72 Å². The summed E-state index contributed by atoms with van der Waals surface area (Å²) in [6.45, 7) is 3.85. The van der Waals surface area contributed by atoms with Gasteiger partial charge >= 0.3 is 0 Å². The lowest BCUT2D eigenvalue weighted by molar-refractivity contribution is 0.583. The van der Waals surface area contributed by atoms with Gasteiger partial charge in [-0.3, -0.25) is 0 Å². The van der Waals surface area contributed by atoms with Crippen molar-refractivity contribution in [3.05, 3.63) is 78.1 Å². The molecule has 2 rings (SSSR count). The fraction of sp³-hybridized carbons (Fsp3) is 0.176. The van der Waals surface area contributed by atoms with Gasteiger partial charge in [0.1, 0.15) is 11.7 Å². The van der Waals surface area contributed by atoms with E-state index in [1.807, 2.05) is 30.3 Å². The van der Waals surface area contributed by atoms with Crippen molar-refractivity contribution < 1.29 is 12.8 Å². The van der Waals surface area contributed by atoms with E-state index in [2.05, 4.69) is 16.6 Å². The summed E-state index contributed by atoms with van der Waals surface area (Å²) in [7, 11) is -3.50. The van der Waals surface area contributed by atoms with Crippen LogP contribution in [0.1, 0.15) is 11.1 Å². The van der Waals surface area contributed by atoms with E-state index in [9.17, 15) is 12.8 Å². The van der Waals surface area contributed by atoms with Gasteiger partial charge in [0, 0.05) is 12.2 Å². The molecule has 0 saturated carbocycles. The van der Waals surface area contributed by atoms with Crippen molar-refractivity contribution in [2.24, 2.45) is 0 Å². The summed E-state index contributed by atoms with van der Waals surface area (Å²) in [5.41, 5.74) is 2.12. The maximum atomic E-state index is 13.3. The molecule has 2 aromatic carbocycles. The fourth-order valence-corrected chi connectivity index (χ4v) is 2.91. The Labute approximate surface area is 136 Å². The Bertz CT molecular complexity index is 761. The molecule has 2 aromatic rings. The quantitative estimate of drug-likeness (QED) is 0.730. The monoisotopic (exact) mass is 334 g/mol. The number of sulfonamides is 1. The number of rotatable bonds is 8. The van der Waals surface area contributed by atoms with Gasteiger partial charge in [0.15, 0.2) is 0 Å². The zero-order chi connectivity index (χ0) is 16.7. The molecule has 4 nitrogen and oxygen atoms in total. The van der Waals surface area contributed by atoms with E-state index < -0.39 is 10.0 Å². The predicted molar refractivity (Wildman–Crippen MR) is 91.0 cm³/mol. The average Bonchev–Trinajstić information content (AvgIpc) is 2.54. The Morgan fingerprint density at radius 1 is 1.13 bits per heavy atom. The van der Waals surface area contributed by atoms with Crippen molar-refractivity contribution in [1.29, 1.82) is 0 Å². The van der Waals surface area contributed by atoms with Crippen LogP contribution >= 0.6 is 0 Å². The fourth-order valence-electron chi connectivity index (χ4n) is 2.07. The molecule has 0 bridgehead atoms. The maximum absolute atomic E-state index is 13.3. The highest BCUT2D eigenvalue weighted by Gasteiger charge is 2.11. The molecule has 23 heavy (non-hydrogen) atoms. The van der Waals surface area contributed by atoms with E-state index in [0.717, 1.165) is 5.56 Å². The molecule has 0 spiro atoms. The van der Waals surface area contributed by atoms with Crippen LogP contribution in [0, 0.1) is 5.82 Å². The van der Waals surface area contributed by atoms with Crippen LogP contribution in [0.4, 0.5) is 10.1 Å². The summed E-state index contributed by atoms with van der Waals surface area (Å²) >= 11 is 0. The minimum Gasteiger partial charge on any atom is -0.370 e. The van der Waals surface area contributed by atoms with Crippen LogP contribution in [-0.2, 0) is 23.0 Å². The highest BCUT2D eigenvalue weighted by atomic mass is 32.2. The zero-order valence-electron chi connectivity index (χ0n) is 12.6. The molecule has 0 atom stereocenters. The minimum atomic E-state index is -3.50. The lowest BCUT2D eigenvalue weighted by Gasteiger charge is -2.12. The molecule has 0 fully saturated rings. The minimum absolute atomic E-state index is 0.230. The summed E-state index contributed by atoms with van der Waals surface area (Å²) in [5.74, 6) is -0.646. The van der Waals surface area contributed by atoms with Gasteiger partial charge < -0.3 is 5.32 Å². The molecule has 122 valence electrons. The largest absolute Gasteiger partial charge is 0.370 e. The number of benzene rings is 2. The molecule has 0 aliphatic heterocycles. The number of hydrogen-bond acceptors (Lipinski definition) is 3. The second-order valence-corrected chi connectivity index (χ2v) is 6.84. The predicted octanol–water partition coefficient (Wildman–Crippen LogP) is 3.04. The molecule has 0 aliphatic rings. The molecule has 0 heterocycles. The van der Waals surface area contributed by atoms with Crippen molar-refractivity contribution >= 4 is 15.7 Å². The third-order valence-electron chi connectivity index (χ3n) is 3.22. The molecule has 0 aromatic heterocycles. The summed E-state index contributed by atoms with van der Waals surface area (Å²) in [6.07, 6.45) is 2.10. The summed E-state index contributed by atoms with van der Waals surface area (Å²) < 4.78 is 39.9. The van der Waals surface area contributed by atoms with Crippen LogP contribution in [0.5, 0.6) is 0 Å². The van der Waals surface area contributed by atoms with Gasteiger partial charge in [-0.15, -0.1) is 6.58 Å². The Balaban J connectivity index is 1.97. The molecule has 2 N–H and O–H groups in total. The Morgan fingerprint density at radius 2 is 1.87 bits per heavy atom. The van der Waals surface area contributed by atoms with Crippen molar-refractivity contribution in [3.8, 4) is 0 Å². The molecule has 0 aliphatic carbocycles. The third kappa shape index (κ3) is 5.50. The summed E-state index contributed by atoms with van der Waals surface area (Å²) in [6, 6.07) is 13.4. The maximum Gasteiger partial charge on any atom is 0.229 e. The first kappa shape index (κ1) is 17.2. The first-order chi connectivity index (χ1) is 11.0. The molecule has 0 amide bonds. The Hall–Kier alpha value is -2.18. The van der Waals surface area contributed by atoms with Crippen molar-refractivity contribution in [2.75, 3.05) is 11.2 Å². The summed E-state index contributed by atoms with van der Waals surface area (Å²) in [4.78, 5) is 0. The van der Waals surface area contributed by atoms with Crippen LogP contribution in [0.3, 0.4) is 0 Å². The van der Waals surface area contributed by atoms with E-state index in [-0.39, 0.29) is 18.2 Å². The molecular formula is C17H19FN2O2S. The van der Waals surface area contributed by atoms with Crippen LogP contribution in [0.2, 0.25) is 0 Å². The molecule has 0 radical (unpaired) electrons. The van der Waals surface area contributed by atoms with E-state index in [0.29, 0.717) is 17.7 Å². The highest BCUT2D eigenvalue weighted by molar-refractivity contribution is 7.89.